The summed E-state index contributed by atoms with van der Waals surface area (Å²) in [7, 11) is 0. The van der Waals surface area contributed by atoms with Crippen LogP contribution in [0.1, 0.15) is 12.8 Å². The Kier molecular flexibility index (Phi) is 2.13. The van der Waals surface area contributed by atoms with Gasteiger partial charge in [0.25, 0.3) is 0 Å². The fraction of sp³-hybridized carbons (Fsp3) is 0.333. The zero-order valence-corrected chi connectivity index (χ0v) is 9.00. The number of hydrogen-bond donors (Lipinski definition) is 1. The first-order valence-electron chi connectivity index (χ1n) is 5.55. The highest BCUT2D eigenvalue weighted by Crippen LogP contribution is 2.30. The predicted molar refractivity (Wildman–Crippen MR) is 62.6 cm³/mol. The molecule has 82 valence electrons. The van der Waals surface area contributed by atoms with Crippen molar-refractivity contribution in [2.45, 2.75) is 19.4 Å². The van der Waals surface area contributed by atoms with Gasteiger partial charge in [-0.3, -0.25) is 4.68 Å². The Morgan fingerprint density at radius 2 is 2.25 bits per heavy atom. The molecule has 2 heterocycles. The number of nitrogen functional groups attached to an aromatic ring is 1. The van der Waals surface area contributed by atoms with Crippen LogP contribution >= 0.6 is 0 Å². The minimum atomic E-state index is 0.549. The molecule has 0 aliphatic heterocycles. The maximum absolute atomic E-state index is 5.66. The van der Waals surface area contributed by atoms with Crippen molar-refractivity contribution in [1.29, 1.82) is 0 Å². The van der Waals surface area contributed by atoms with Gasteiger partial charge in [-0.05, 0) is 36.5 Å². The molecular formula is C12H14N4. The standard InChI is InChI=1S/C12H14N4/c13-12-5-10(3-4-14-12)11-6-15-16(8-11)7-9-1-2-9/h3-6,8-9H,1-2,7H2,(H2,13,14). The first-order valence-corrected chi connectivity index (χ1v) is 5.55. The predicted octanol–water partition coefficient (Wildman–Crippen LogP) is 1.94. The minimum absolute atomic E-state index is 0.549. The van der Waals surface area contributed by atoms with Crippen molar-refractivity contribution in [2.75, 3.05) is 5.73 Å². The number of pyridine rings is 1. The second kappa shape index (κ2) is 3.63. The van der Waals surface area contributed by atoms with E-state index in [1.165, 1.54) is 12.8 Å². The van der Waals surface area contributed by atoms with Crippen LogP contribution in [0.3, 0.4) is 0 Å². The molecule has 1 fully saturated rings. The normalized spacial score (nSPS) is 15.2. The summed E-state index contributed by atoms with van der Waals surface area (Å²) in [4.78, 5) is 3.98. The highest BCUT2D eigenvalue weighted by Gasteiger charge is 2.21. The van der Waals surface area contributed by atoms with Crippen molar-refractivity contribution in [2.24, 2.45) is 5.92 Å². The molecule has 2 aromatic rings. The lowest BCUT2D eigenvalue weighted by molar-refractivity contribution is 0.563. The highest BCUT2D eigenvalue weighted by atomic mass is 15.3. The molecule has 0 aromatic carbocycles. The van der Waals surface area contributed by atoms with Crippen LogP contribution in [0.15, 0.2) is 30.7 Å². The number of hydrogen-bond acceptors (Lipinski definition) is 3. The molecule has 0 spiro atoms. The topological polar surface area (TPSA) is 56.7 Å². The van der Waals surface area contributed by atoms with Gasteiger partial charge >= 0.3 is 0 Å². The molecule has 4 heteroatoms. The molecule has 0 atom stereocenters. The third-order valence-electron chi connectivity index (χ3n) is 2.89. The molecule has 0 saturated heterocycles. The summed E-state index contributed by atoms with van der Waals surface area (Å²) in [6.45, 7) is 1.04. The summed E-state index contributed by atoms with van der Waals surface area (Å²) in [5.41, 5.74) is 7.84. The van der Waals surface area contributed by atoms with Crippen LogP contribution in [0.2, 0.25) is 0 Å². The van der Waals surface area contributed by atoms with Crippen molar-refractivity contribution in [3.8, 4) is 11.1 Å². The molecule has 2 aromatic heterocycles. The number of anilines is 1. The summed E-state index contributed by atoms with van der Waals surface area (Å²) in [6, 6.07) is 3.83. The van der Waals surface area contributed by atoms with Crippen molar-refractivity contribution in [3.05, 3.63) is 30.7 Å². The Morgan fingerprint density at radius 3 is 3.00 bits per heavy atom. The Balaban J connectivity index is 1.85. The SMILES string of the molecule is Nc1cc(-c2cnn(CC3CC3)c2)ccn1. The highest BCUT2D eigenvalue weighted by molar-refractivity contribution is 5.64. The fourth-order valence-electron chi connectivity index (χ4n) is 1.81. The number of aromatic nitrogens is 3. The molecule has 2 N–H and O–H groups in total. The molecular weight excluding hydrogens is 200 g/mol. The van der Waals surface area contributed by atoms with E-state index >= 15 is 0 Å². The van der Waals surface area contributed by atoms with Crippen LogP contribution in [0.4, 0.5) is 5.82 Å². The van der Waals surface area contributed by atoms with Crippen molar-refractivity contribution >= 4 is 5.82 Å². The zero-order chi connectivity index (χ0) is 11.0. The quantitative estimate of drug-likeness (QED) is 0.849. The molecule has 0 radical (unpaired) electrons. The van der Waals surface area contributed by atoms with E-state index in [9.17, 15) is 0 Å². The lowest BCUT2D eigenvalue weighted by Crippen LogP contribution is -1.99. The summed E-state index contributed by atoms with van der Waals surface area (Å²) in [6.07, 6.45) is 8.38. The van der Waals surface area contributed by atoms with Gasteiger partial charge in [-0.2, -0.15) is 5.10 Å². The van der Waals surface area contributed by atoms with Crippen LogP contribution in [0.25, 0.3) is 11.1 Å². The van der Waals surface area contributed by atoms with Gasteiger partial charge in [-0.1, -0.05) is 0 Å². The summed E-state index contributed by atoms with van der Waals surface area (Å²) < 4.78 is 2.02. The largest absolute Gasteiger partial charge is 0.384 e. The average molecular weight is 214 g/mol. The van der Waals surface area contributed by atoms with Crippen LogP contribution in [0.5, 0.6) is 0 Å². The number of rotatable bonds is 3. The van der Waals surface area contributed by atoms with E-state index in [1.54, 1.807) is 6.20 Å². The Bertz CT molecular complexity index is 499. The molecule has 0 bridgehead atoms. The van der Waals surface area contributed by atoms with Crippen LogP contribution in [-0.4, -0.2) is 14.8 Å². The zero-order valence-electron chi connectivity index (χ0n) is 9.00. The lowest BCUT2D eigenvalue weighted by Gasteiger charge is -1.98. The monoisotopic (exact) mass is 214 g/mol. The maximum atomic E-state index is 5.66. The summed E-state index contributed by atoms with van der Waals surface area (Å²) in [5.74, 6) is 1.39. The molecule has 3 rings (SSSR count). The van der Waals surface area contributed by atoms with Gasteiger partial charge in [0.05, 0.1) is 6.20 Å². The Hall–Kier alpha value is -1.84. The van der Waals surface area contributed by atoms with E-state index in [0.29, 0.717) is 5.82 Å². The second-order valence-electron chi connectivity index (χ2n) is 4.36. The maximum Gasteiger partial charge on any atom is 0.123 e. The van der Waals surface area contributed by atoms with Gasteiger partial charge in [0, 0.05) is 24.5 Å². The van der Waals surface area contributed by atoms with Gasteiger partial charge in [0.15, 0.2) is 0 Å². The third-order valence-corrected chi connectivity index (χ3v) is 2.89. The third kappa shape index (κ3) is 1.91. The van der Waals surface area contributed by atoms with Gasteiger partial charge in [0.1, 0.15) is 5.82 Å². The minimum Gasteiger partial charge on any atom is -0.384 e. The van der Waals surface area contributed by atoms with E-state index < -0.39 is 0 Å². The van der Waals surface area contributed by atoms with Gasteiger partial charge in [-0.25, -0.2) is 4.98 Å². The van der Waals surface area contributed by atoms with E-state index in [0.717, 1.165) is 23.6 Å². The molecule has 4 nitrogen and oxygen atoms in total. The van der Waals surface area contributed by atoms with E-state index in [4.69, 9.17) is 5.73 Å². The van der Waals surface area contributed by atoms with Crippen LogP contribution in [0, 0.1) is 5.92 Å². The van der Waals surface area contributed by atoms with Crippen LogP contribution < -0.4 is 5.73 Å². The van der Waals surface area contributed by atoms with Crippen molar-refractivity contribution in [1.82, 2.24) is 14.8 Å². The first kappa shape index (κ1) is 9.39. The molecule has 16 heavy (non-hydrogen) atoms. The molecule has 0 unspecified atom stereocenters. The smallest absolute Gasteiger partial charge is 0.123 e. The molecule has 0 amide bonds. The molecule has 1 aliphatic rings. The summed E-state index contributed by atoms with van der Waals surface area (Å²) >= 11 is 0. The summed E-state index contributed by atoms with van der Waals surface area (Å²) in [5, 5.41) is 4.36. The first-order chi connectivity index (χ1) is 7.81. The van der Waals surface area contributed by atoms with Gasteiger partial charge < -0.3 is 5.73 Å². The van der Waals surface area contributed by atoms with E-state index in [1.807, 2.05) is 23.0 Å². The number of nitrogens with two attached hydrogens (primary N) is 1. The van der Waals surface area contributed by atoms with Crippen molar-refractivity contribution in [3.63, 3.8) is 0 Å². The van der Waals surface area contributed by atoms with Gasteiger partial charge in [0.2, 0.25) is 0 Å². The second-order valence-corrected chi connectivity index (χ2v) is 4.36. The Morgan fingerprint density at radius 1 is 1.38 bits per heavy atom. The number of nitrogens with zero attached hydrogens (tertiary/aromatic N) is 3. The van der Waals surface area contributed by atoms with E-state index in [-0.39, 0.29) is 0 Å². The lowest BCUT2D eigenvalue weighted by atomic mass is 10.1. The molecule has 1 aliphatic carbocycles. The van der Waals surface area contributed by atoms with Crippen LogP contribution in [-0.2, 0) is 6.54 Å². The van der Waals surface area contributed by atoms with Gasteiger partial charge in [-0.15, -0.1) is 0 Å². The van der Waals surface area contributed by atoms with Crippen molar-refractivity contribution < 1.29 is 0 Å². The fourth-order valence-corrected chi connectivity index (χ4v) is 1.81. The Labute approximate surface area is 94.1 Å². The molecule has 1 saturated carbocycles. The average Bonchev–Trinajstić information content (AvgIpc) is 2.94. The van der Waals surface area contributed by atoms with E-state index in [2.05, 4.69) is 16.3 Å².